The number of ether oxygens (including phenoxy) is 1. The first-order chi connectivity index (χ1) is 9.95. The second kappa shape index (κ2) is 7.22. The number of nitrogens with zero attached hydrogens (tertiary/aromatic N) is 1. The van der Waals surface area contributed by atoms with E-state index in [-0.39, 0.29) is 6.10 Å². The smallest absolute Gasteiger partial charge is 0.243 e. The lowest BCUT2D eigenvalue weighted by Gasteiger charge is -2.31. The van der Waals surface area contributed by atoms with Crippen LogP contribution in [0.4, 0.5) is 0 Å². The average Bonchev–Trinajstić information content (AvgIpc) is 2.48. The van der Waals surface area contributed by atoms with Gasteiger partial charge in [-0.2, -0.15) is 4.31 Å². The molecule has 118 valence electrons. The van der Waals surface area contributed by atoms with Gasteiger partial charge in [-0.3, -0.25) is 0 Å². The minimum atomic E-state index is -3.39. The molecule has 1 heterocycles. The van der Waals surface area contributed by atoms with Gasteiger partial charge in [-0.1, -0.05) is 28.1 Å². The van der Waals surface area contributed by atoms with Crippen molar-refractivity contribution in [3.8, 4) is 0 Å². The molecule has 1 aromatic rings. The van der Waals surface area contributed by atoms with E-state index in [0.29, 0.717) is 24.6 Å². The van der Waals surface area contributed by atoms with Gasteiger partial charge < -0.3 is 4.74 Å². The fourth-order valence-electron chi connectivity index (χ4n) is 2.57. The maximum absolute atomic E-state index is 12.8. The summed E-state index contributed by atoms with van der Waals surface area (Å²) in [6.07, 6.45) is 1.70. The summed E-state index contributed by atoms with van der Waals surface area (Å²) in [7, 11) is -3.39. The van der Waals surface area contributed by atoms with Gasteiger partial charge in [-0.05, 0) is 43.9 Å². The van der Waals surface area contributed by atoms with Crippen LogP contribution in [0, 0.1) is 13.8 Å². The monoisotopic (exact) mass is 375 g/mol. The lowest BCUT2D eigenvalue weighted by molar-refractivity contribution is 0.0309. The molecule has 1 aromatic carbocycles. The molecule has 1 saturated heterocycles. The molecule has 0 bridgehead atoms. The lowest BCUT2D eigenvalue weighted by atomic mass is 10.1. The largest absolute Gasteiger partial charge is 0.377 e. The van der Waals surface area contributed by atoms with Crippen molar-refractivity contribution in [1.29, 1.82) is 0 Å². The van der Waals surface area contributed by atoms with Gasteiger partial charge in [0.15, 0.2) is 0 Å². The van der Waals surface area contributed by atoms with E-state index in [1.165, 1.54) is 0 Å². The quantitative estimate of drug-likeness (QED) is 0.743. The zero-order valence-electron chi connectivity index (χ0n) is 12.5. The molecule has 6 heteroatoms. The molecule has 0 amide bonds. The highest BCUT2D eigenvalue weighted by Gasteiger charge is 2.30. The molecule has 1 aliphatic rings. The van der Waals surface area contributed by atoms with Gasteiger partial charge in [0.1, 0.15) is 0 Å². The average molecular weight is 376 g/mol. The number of benzene rings is 1. The van der Waals surface area contributed by atoms with E-state index in [4.69, 9.17) is 4.74 Å². The minimum absolute atomic E-state index is 0.174. The standard InChI is InChI=1S/C15H22BrNO3S/c1-12-3-4-13(2)15(11-12)21(18,19)17-8-5-14(6-9-17)20-10-7-16/h3-4,11,14H,5-10H2,1-2H3. The van der Waals surface area contributed by atoms with Crippen molar-refractivity contribution >= 4 is 26.0 Å². The Hall–Kier alpha value is -0.430. The molecule has 0 atom stereocenters. The van der Waals surface area contributed by atoms with Crippen LogP contribution in [-0.2, 0) is 14.8 Å². The van der Waals surface area contributed by atoms with Gasteiger partial charge in [-0.25, -0.2) is 8.42 Å². The summed E-state index contributed by atoms with van der Waals surface area (Å²) in [6, 6.07) is 5.57. The third-order valence-corrected chi connectivity index (χ3v) is 6.16. The second-order valence-corrected chi connectivity index (χ2v) is 8.13. The van der Waals surface area contributed by atoms with Gasteiger partial charge in [0.25, 0.3) is 0 Å². The summed E-state index contributed by atoms with van der Waals surface area (Å²) in [5, 5.41) is 0.813. The molecule has 0 aromatic heterocycles. The molecule has 0 spiro atoms. The van der Waals surface area contributed by atoms with E-state index in [1.54, 1.807) is 10.4 Å². The number of sulfonamides is 1. The molecule has 1 fully saturated rings. The Morgan fingerprint density at radius 2 is 1.95 bits per heavy atom. The Morgan fingerprint density at radius 3 is 2.57 bits per heavy atom. The minimum Gasteiger partial charge on any atom is -0.377 e. The number of piperidine rings is 1. The summed E-state index contributed by atoms with van der Waals surface area (Å²) in [5.74, 6) is 0. The first kappa shape index (κ1) is 16.9. The van der Waals surface area contributed by atoms with Gasteiger partial charge in [0.2, 0.25) is 10.0 Å². The van der Waals surface area contributed by atoms with Crippen LogP contribution >= 0.6 is 15.9 Å². The Kier molecular flexibility index (Phi) is 5.82. The van der Waals surface area contributed by atoms with Gasteiger partial charge >= 0.3 is 0 Å². The number of hydrogen-bond acceptors (Lipinski definition) is 3. The molecule has 4 nitrogen and oxygen atoms in total. The van der Waals surface area contributed by atoms with Crippen molar-refractivity contribution < 1.29 is 13.2 Å². The van der Waals surface area contributed by atoms with Crippen molar-refractivity contribution in [3.05, 3.63) is 29.3 Å². The predicted molar refractivity (Wildman–Crippen MR) is 87.4 cm³/mol. The molecule has 0 unspecified atom stereocenters. The number of hydrogen-bond donors (Lipinski definition) is 0. The highest BCUT2D eigenvalue weighted by Crippen LogP contribution is 2.25. The summed E-state index contributed by atoms with van der Waals surface area (Å²) in [6.45, 7) is 5.50. The van der Waals surface area contributed by atoms with Crippen LogP contribution in [0.25, 0.3) is 0 Å². The molecule has 0 aliphatic carbocycles. The highest BCUT2D eigenvalue weighted by molar-refractivity contribution is 9.09. The van der Waals surface area contributed by atoms with E-state index in [1.807, 2.05) is 26.0 Å². The van der Waals surface area contributed by atoms with Crippen LogP contribution in [-0.4, -0.2) is 43.9 Å². The van der Waals surface area contributed by atoms with Crippen molar-refractivity contribution in [1.82, 2.24) is 4.31 Å². The Labute approximate surface area is 135 Å². The molecular formula is C15H22BrNO3S. The maximum atomic E-state index is 12.8. The molecule has 0 radical (unpaired) electrons. The van der Waals surface area contributed by atoms with Crippen LogP contribution in [0.1, 0.15) is 24.0 Å². The van der Waals surface area contributed by atoms with Gasteiger partial charge in [-0.15, -0.1) is 0 Å². The van der Waals surface area contributed by atoms with E-state index < -0.39 is 10.0 Å². The Morgan fingerprint density at radius 1 is 1.29 bits per heavy atom. The lowest BCUT2D eigenvalue weighted by Crippen LogP contribution is -2.41. The number of halogens is 1. The topological polar surface area (TPSA) is 46.6 Å². The normalized spacial score (nSPS) is 18.0. The van der Waals surface area contributed by atoms with Crippen molar-refractivity contribution in [2.45, 2.75) is 37.7 Å². The third kappa shape index (κ3) is 4.06. The van der Waals surface area contributed by atoms with Crippen LogP contribution in [0.15, 0.2) is 23.1 Å². The Bertz CT molecular complexity index is 581. The first-order valence-electron chi connectivity index (χ1n) is 7.20. The number of rotatable bonds is 5. The highest BCUT2D eigenvalue weighted by atomic mass is 79.9. The van der Waals surface area contributed by atoms with Crippen molar-refractivity contribution in [2.75, 3.05) is 25.0 Å². The maximum Gasteiger partial charge on any atom is 0.243 e. The molecular weight excluding hydrogens is 354 g/mol. The summed E-state index contributed by atoms with van der Waals surface area (Å²) >= 11 is 3.33. The fourth-order valence-corrected chi connectivity index (χ4v) is 4.54. The summed E-state index contributed by atoms with van der Waals surface area (Å²) in [4.78, 5) is 0.433. The molecule has 0 N–H and O–H groups in total. The summed E-state index contributed by atoms with van der Waals surface area (Å²) < 4.78 is 32.8. The fraction of sp³-hybridized carbons (Fsp3) is 0.600. The van der Waals surface area contributed by atoms with Gasteiger partial charge in [0, 0.05) is 18.4 Å². The first-order valence-corrected chi connectivity index (χ1v) is 9.76. The zero-order valence-corrected chi connectivity index (χ0v) is 14.9. The SMILES string of the molecule is Cc1ccc(C)c(S(=O)(=O)N2CCC(OCCBr)CC2)c1. The van der Waals surface area contributed by atoms with E-state index in [9.17, 15) is 8.42 Å². The molecule has 2 rings (SSSR count). The van der Waals surface area contributed by atoms with Crippen LogP contribution < -0.4 is 0 Å². The predicted octanol–water partition coefficient (Wildman–Crippen LogP) is 2.87. The van der Waals surface area contributed by atoms with Gasteiger partial charge in [0.05, 0.1) is 17.6 Å². The van der Waals surface area contributed by atoms with E-state index >= 15 is 0 Å². The Balaban J connectivity index is 2.10. The number of alkyl halides is 1. The van der Waals surface area contributed by atoms with Crippen LogP contribution in [0.3, 0.4) is 0 Å². The van der Waals surface area contributed by atoms with Crippen molar-refractivity contribution in [2.24, 2.45) is 0 Å². The number of aryl methyl sites for hydroxylation is 2. The molecule has 0 saturated carbocycles. The third-order valence-electron chi connectivity index (χ3n) is 3.79. The second-order valence-electron chi connectivity index (χ2n) is 5.43. The molecule has 21 heavy (non-hydrogen) atoms. The summed E-state index contributed by atoms with van der Waals surface area (Å²) in [5.41, 5.74) is 1.77. The van der Waals surface area contributed by atoms with Crippen molar-refractivity contribution in [3.63, 3.8) is 0 Å². The van der Waals surface area contributed by atoms with E-state index in [2.05, 4.69) is 15.9 Å². The molecule has 1 aliphatic heterocycles. The van der Waals surface area contributed by atoms with Crippen LogP contribution in [0.5, 0.6) is 0 Å². The van der Waals surface area contributed by atoms with Crippen LogP contribution in [0.2, 0.25) is 0 Å². The van der Waals surface area contributed by atoms with E-state index in [0.717, 1.165) is 29.3 Å². The zero-order chi connectivity index (χ0) is 15.5.